The van der Waals surface area contributed by atoms with Gasteiger partial charge in [0.15, 0.2) is 5.15 Å². The molecule has 2 atom stereocenters. The Bertz CT molecular complexity index is 599. The van der Waals surface area contributed by atoms with Crippen LogP contribution in [0.15, 0.2) is 33.3 Å². The molecule has 2 heterocycles. The van der Waals surface area contributed by atoms with Crippen LogP contribution in [0.1, 0.15) is 30.8 Å². The lowest BCUT2D eigenvalue weighted by atomic mass is 10.3. The molecule has 5 heteroatoms. The maximum Gasteiger partial charge on any atom is 0.152 e. The number of furan rings is 1. The molecule has 1 aliphatic rings. The van der Waals surface area contributed by atoms with E-state index in [9.17, 15) is 0 Å². The highest BCUT2D eigenvalue weighted by atomic mass is 79.9. The van der Waals surface area contributed by atoms with Crippen molar-refractivity contribution in [2.24, 2.45) is 5.92 Å². The summed E-state index contributed by atoms with van der Waals surface area (Å²) in [5.41, 5.74) is 0.800. The van der Waals surface area contributed by atoms with E-state index in [1.165, 1.54) is 6.42 Å². The van der Waals surface area contributed by atoms with E-state index in [0.29, 0.717) is 17.6 Å². The average Bonchev–Trinajstić information content (AvgIpc) is 2.93. The van der Waals surface area contributed by atoms with Crippen LogP contribution in [0.4, 0.5) is 5.69 Å². The minimum atomic E-state index is 0.464. The lowest BCUT2D eigenvalue weighted by Crippen LogP contribution is -1.99. The zero-order valence-corrected chi connectivity index (χ0v) is 12.8. The van der Waals surface area contributed by atoms with Crippen LogP contribution in [0.3, 0.4) is 0 Å². The van der Waals surface area contributed by atoms with Gasteiger partial charge in [0.25, 0.3) is 0 Å². The number of rotatable bonds is 4. The zero-order chi connectivity index (χ0) is 13.4. The molecule has 0 aliphatic heterocycles. The van der Waals surface area contributed by atoms with Crippen LogP contribution in [0, 0.1) is 5.92 Å². The highest BCUT2D eigenvalue weighted by Gasteiger charge is 2.36. The van der Waals surface area contributed by atoms with Crippen molar-refractivity contribution in [1.82, 2.24) is 4.98 Å². The Balaban J connectivity index is 1.65. The standard InChI is InChI=1S/C14H14BrClN2O/c1-8-4-11(8)13-3-2-10(19-13)7-17-12-5-9(15)6-18-14(12)16/h2-3,5-6,8,11,17H,4,7H2,1H3. The van der Waals surface area contributed by atoms with E-state index in [1.54, 1.807) is 6.20 Å². The molecule has 1 N–H and O–H groups in total. The predicted octanol–water partition coefficient (Wildman–Crippen LogP) is 4.83. The Morgan fingerprint density at radius 1 is 1.53 bits per heavy atom. The van der Waals surface area contributed by atoms with Gasteiger partial charge in [0.2, 0.25) is 0 Å². The van der Waals surface area contributed by atoms with Crippen LogP contribution in [-0.2, 0) is 6.54 Å². The van der Waals surface area contributed by atoms with Crippen LogP contribution >= 0.6 is 27.5 Å². The molecule has 19 heavy (non-hydrogen) atoms. The van der Waals surface area contributed by atoms with Crippen LogP contribution < -0.4 is 5.32 Å². The third kappa shape index (κ3) is 2.95. The van der Waals surface area contributed by atoms with Crippen molar-refractivity contribution in [3.05, 3.63) is 45.5 Å². The number of halogens is 2. The van der Waals surface area contributed by atoms with E-state index in [-0.39, 0.29) is 0 Å². The fourth-order valence-corrected chi connectivity index (χ4v) is 2.64. The molecule has 100 valence electrons. The maximum absolute atomic E-state index is 6.02. The summed E-state index contributed by atoms with van der Waals surface area (Å²) in [5, 5.41) is 3.70. The molecular weight excluding hydrogens is 328 g/mol. The highest BCUT2D eigenvalue weighted by molar-refractivity contribution is 9.10. The molecule has 0 amide bonds. The molecule has 2 unspecified atom stereocenters. The quantitative estimate of drug-likeness (QED) is 0.810. The summed E-state index contributed by atoms with van der Waals surface area (Å²) >= 11 is 9.40. The van der Waals surface area contributed by atoms with Gasteiger partial charge in [-0.3, -0.25) is 0 Å². The summed E-state index contributed by atoms with van der Waals surface area (Å²) < 4.78 is 6.73. The monoisotopic (exact) mass is 340 g/mol. The first-order valence-corrected chi connectivity index (χ1v) is 7.44. The zero-order valence-electron chi connectivity index (χ0n) is 10.5. The van der Waals surface area contributed by atoms with Crippen molar-refractivity contribution in [1.29, 1.82) is 0 Å². The van der Waals surface area contributed by atoms with E-state index in [0.717, 1.165) is 27.6 Å². The van der Waals surface area contributed by atoms with Crippen molar-refractivity contribution in [3.63, 3.8) is 0 Å². The summed E-state index contributed by atoms with van der Waals surface area (Å²) in [4.78, 5) is 4.07. The number of nitrogens with zero attached hydrogens (tertiary/aromatic N) is 1. The lowest BCUT2D eigenvalue weighted by Gasteiger charge is -2.06. The second-order valence-electron chi connectivity index (χ2n) is 4.97. The molecule has 0 bridgehead atoms. The molecule has 0 saturated heterocycles. The normalized spacial score (nSPS) is 21.4. The number of aromatic nitrogens is 1. The summed E-state index contributed by atoms with van der Waals surface area (Å²) in [6, 6.07) is 6.00. The molecular formula is C14H14BrClN2O. The lowest BCUT2D eigenvalue weighted by molar-refractivity contribution is 0.468. The summed E-state index contributed by atoms with van der Waals surface area (Å²) in [7, 11) is 0. The van der Waals surface area contributed by atoms with Gasteiger partial charge in [-0.15, -0.1) is 0 Å². The maximum atomic E-state index is 6.02. The predicted molar refractivity (Wildman–Crippen MR) is 79.5 cm³/mol. The average molecular weight is 342 g/mol. The van der Waals surface area contributed by atoms with E-state index >= 15 is 0 Å². The van der Waals surface area contributed by atoms with Gasteiger partial charge < -0.3 is 9.73 Å². The van der Waals surface area contributed by atoms with E-state index in [2.05, 4.69) is 39.2 Å². The van der Waals surface area contributed by atoms with Gasteiger partial charge >= 0.3 is 0 Å². The van der Waals surface area contributed by atoms with Gasteiger partial charge in [-0.1, -0.05) is 18.5 Å². The Morgan fingerprint density at radius 3 is 3.05 bits per heavy atom. The van der Waals surface area contributed by atoms with Crippen molar-refractivity contribution in [2.75, 3.05) is 5.32 Å². The first-order valence-electron chi connectivity index (χ1n) is 6.27. The molecule has 1 saturated carbocycles. The topological polar surface area (TPSA) is 38.1 Å². The van der Waals surface area contributed by atoms with E-state index < -0.39 is 0 Å². The van der Waals surface area contributed by atoms with Crippen molar-refractivity contribution in [2.45, 2.75) is 25.8 Å². The summed E-state index contributed by atoms with van der Waals surface area (Å²) in [5.74, 6) is 3.40. The van der Waals surface area contributed by atoms with Crippen LogP contribution in [-0.4, -0.2) is 4.98 Å². The summed E-state index contributed by atoms with van der Waals surface area (Å²) in [6.45, 7) is 2.86. The molecule has 3 nitrogen and oxygen atoms in total. The molecule has 0 aromatic carbocycles. The van der Waals surface area contributed by atoms with Gasteiger partial charge in [0.05, 0.1) is 12.2 Å². The number of hydrogen-bond acceptors (Lipinski definition) is 3. The van der Waals surface area contributed by atoms with Gasteiger partial charge in [-0.2, -0.15) is 0 Å². The van der Waals surface area contributed by atoms with E-state index in [1.807, 2.05) is 12.1 Å². The van der Waals surface area contributed by atoms with Crippen molar-refractivity contribution >= 4 is 33.2 Å². The van der Waals surface area contributed by atoms with Crippen LogP contribution in [0.25, 0.3) is 0 Å². The third-order valence-electron chi connectivity index (χ3n) is 3.42. The fraction of sp³-hybridized carbons (Fsp3) is 0.357. The smallest absolute Gasteiger partial charge is 0.152 e. The second-order valence-corrected chi connectivity index (χ2v) is 6.24. The molecule has 3 rings (SSSR count). The number of pyridine rings is 1. The van der Waals surface area contributed by atoms with Crippen LogP contribution in [0.5, 0.6) is 0 Å². The largest absolute Gasteiger partial charge is 0.464 e. The Kier molecular flexibility index (Phi) is 3.54. The number of nitrogens with one attached hydrogen (secondary N) is 1. The minimum Gasteiger partial charge on any atom is -0.464 e. The first-order chi connectivity index (χ1) is 9.13. The SMILES string of the molecule is CC1CC1c1ccc(CNc2cc(Br)cnc2Cl)o1. The van der Waals surface area contributed by atoms with Gasteiger partial charge in [0, 0.05) is 16.6 Å². The molecule has 1 aliphatic carbocycles. The Hall–Kier alpha value is -1.000. The second kappa shape index (κ2) is 5.17. The van der Waals surface area contributed by atoms with Crippen LogP contribution in [0.2, 0.25) is 5.15 Å². The number of anilines is 1. The van der Waals surface area contributed by atoms with Gasteiger partial charge in [-0.05, 0) is 46.5 Å². The Labute approximate surface area is 125 Å². The minimum absolute atomic E-state index is 0.464. The highest BCUT2D eigenvalue weighted by Crippen LogP contribution is 2.47. The molecule has 1 fully saturated rings. The molecule has 0 radical (unpaired) electrons. The number of hydrogen-bond donors (Lipinski definition) is 1. The molecule has 2 aromatic heterocycles. The molecule has 0 spiro atoms. The third-order valence-corrected chi connectivity index (χ3v) is 4.15. The summed E-state index contributed by atoms with van der Waals surface area (Å²) in [6.07, 6.45) is 2.91. The Morgan fingerprint density at radius 2 is 2.32 bits per heavy atom. The van der Waals surface area contributed by atoms with Crippen molar-refractivity contribution < 1.29 is 4.42 Å². The van der Waals surface area contributed by atoms with Gasteiger partial charge in [-0.25, -0.2) is 4.98 Å². The van der Waals surface area contributed by atoms with Gasteiger partial charge in [0.1, 0.15) is 11.5 Å². The van der Waals surface area contributed by atoms with Crippen molar-refractivity contribution in [3.8, 4) is 0 Å². The molecule has 2 aromatic rings. The fourth-order valence-electron chi connectivity index (χ4n) is 2.14. The van der Waals surface area contributed by atoms with E-state index in [4.69, 9.17) is 16.0 Å². The first kappa shape index (κ1) is 13.0.